The molecule has 154 valence electrons. The van der Waals surface area contributed by atoms with Gasteiger partial charge in [0.05, 0.1) is 38.3 Å². The number of aromatic nitrogens is 1. The highest BCUT2D eigenvalue weighted by atomic mass is 16.5. The highest BCUT2D eigenvalue weighted by Crippen LogP contribution is 2.37. The molecule has 0 spiro atoms. The maximum Gasteiger partial charge on any atom is 0.257 e. The van der Waals surface area contributed by atoms with E-state index in [0.717, 1.165) is 0 Å². The van der Waals surface area contributed by atoms with Crippen LogP contribution in [0.2, 0.25) is 0 Å². The van der Waals surface area contributed by atoms with E-state index in [1.165, 1.54) is 20.4 Å². The molecule has 30 heavy (non-hydrogen) atoms. The molecule has 2 amide bonds. The van der Waals surface area contributed by atoms with Gasteiger partial charge >= 0.3 is 0 Å². The average Bonchev–Trinajstić information content (AvgIpc) is 2.80. The first kappa shape index (κ1) is 20.7. The molecule has 0 unspecified atom stereocenters. The van der Waals surface area contributed by atoms with Crippen LogP contribution in [0.1, 0.15) is 20.7 Å². The number of ether oxygens (including phenoxy) is 3. The molecule has 3 aromatic rings. The van der Waals surface area contributed by atoms with Gasteiger partial charge in [-0.05, 0) is 36.4 Å². The zero-order valence-corrected chi connectivity index (χ0v) is 16.8. The smallest absolute Gasteiger partial charge is 0.257 e. The fourth-order valence-electron chi connectivity index (χ4n) is 2.72. The van der Waals surface area contributed by atoms with Gasteiger partial charge in [-0.25, -0.2) is 0 Å². The number of methoxy groups -OCH3 is 3. The monoisotopic (exact) mass is 407 g/mol. The van der Waals surface area contributed by atoms with Crippen molar-refractivity contribution in [2.75, 3.05) is 32.0 Å². The van der Waals surface area contributed by atoms with E-state index in [1.807, 2.05) is 0 Å². The standard InChI is InChI=1S/C22H21N3O5/c1-28-16-8-6-14(7-9-16)21(26)24-17-11-20(30-3)18(12-19(17)29-2)25-22(27)15-5-4-10-23-13-15/h4-13H,1-3H3,(H,24,26)(H,25,27). The van der Waals surface area contributed by atoms with E-state index >= 15 is 0 Å². The predicted molar refractivity (Wildman–Crippen MR) is 113 cm³/mol. The molecule has 0 saturated carbocycles. The van der Waals surface area contributed by atoms with Gasteiger partial charge in [0.1, 0.15) is 17.2 Å². The number of benzene rings is 2. The summed E-state index contributed by atoms with van der Waals surface area (Å²) < 4.78 is 15.9. The average molecular weight is 407 g/mol. The Morgan fingerprint density at radius 1 is 0.767 bits per heavy atom. The van der Waals surface area contributed by atoms with Gasteiger partial charge in [0.15, 0.2) is 0 Å². The minimum atomic E-state index is -0.349. The van der Waals surface area contributed by atoms with Crippen LogP contribution in [0.4, 0.5) is 11.4 Å². The number of hydrogen-bond acceptors (Lipinski definition) is 6. The van der Waals surface area contributed by atoms with Crippen LogP contribution in [0, 0.1) is 0 Å². The summed E-state index contributed by atoms with van der Waals surface area (Å²) in [5, 5.41) is 5.56. The van der Waals surface area contributed by atoms with Gasteiger partial charge in [0.25, 0.3) is 11.8 Å². The summed E-state index contributed by atoms with van der Waals surface area (Å²) in [4.78, 5) is 29.0. The van der Waals surface area contributed by atoms with Gasteiger partial charge in [-0.15, -0.1) is 0 Å². The Morgan fingerprint density at radius 2 is 1.33 bits per heavy atom. The van der Waals surface area contributed by atoms with Crippen LogP contribution < -0.4 is 24.8 Å². The van der Waals surface area contributed by atoms with Crippen LogP contribution >= 0.6 is 0 Å². The normalized spacial score (nSPS) is 10.1. The Labute approximate surface area is 173 Å². The minimum absolute atomic E-state index is 0.329. The van der Waals surface area contributed by atoms with Crippen molar-refractivity contribution in [3.63, 3.8) is 0 Å². The van der Waals surface area contributed by atoms with E-state index in [4.69, 9.17) is 14.2 Å². The van der Waals surface area contributed by atoms with Crippen molar-refractivity contribution in [2.24, 2.45) is 0 Å². The molecule has 3 rings (SSSR count). The summed E-state index contributed by atoms with van der Waals surface area (Å²) in [7, 11) is 4.50. The number of carbonyl (C=O) groups excluding carboxylic acids is 2. The van der Waals surface area contributed by atoms with Crippen molar-refractivity contribution in [3.8, 4) is 17.2 Å². The molecule has 0 atom stereocenters. The molecule has 0 aliphatic carbocycles. The molecule has 2 aromatic carbocycles. The van der Waals surface area contributed by atoms with E-state index in [1.54, 1.807) is 61.8 Å². The number of nitrogens with zero attached hydrogens (tertiary/aromatic N) is 1. The first-order chi connectivity index (χ1) is 14.5. The molecule has 1 heterocycles. The number of carbonyl (C=O) groups is 2. The lowest BCUT2D eigenvalue weighted by molar-refractivity contribution is 0.101. The van der Waals surface area contributed by atoms with E-state index < -0.39 is 0 Å². The summed E-state index contributed by atoms with van der Waals surface area (Å²) in [6.45, 7) is 0. The molecule has 0 fully saturated rings. The molecule has 8 heteroatoms. The van der Waals surface area contributed by atoms with Crippen molar-refractivity contribution in [1.82, 2.24) is 4.98 Å². The molecule has 0 aliphatic rings. The van der Waals surface area contributed by atoms with Gasteiger partial charge in [-0.3, -0.25) is 14.6 Å². The summed E-state index contributed by atoms with van der Waals surface area (Å²) in [6.07, 6.45) is 3.04. The second kappa shape index (κ2) is 9.42. The van der Waals surface area contributed by atoms with Gasteiger partial charge in [-0.2, -0.15) is 0 Å². The maximum atomic E-state index is 12.6. The Morgan fingerprint density at radius 3 is 1.80 bits per heavy atom. The lowest BCUT2D eigenvalue weighted by Gasteiger charge is -2.16. The zero-order valence-electron chi connectivity index (χ0n) is 16.8. The predicted octanol–water partition coefficient (Wildman–Crippen LogP) is 3.61. The summed E-state index contributed by atoms with van der Waals surface area (Å²) in [5.41, 5.74) is 1.64. The molecule has 0 saturated heterocycles. The Balaban J connectivity index is 1.85. The second-order valence-electron chi connectivity index (χ2n) is 6.13. The van der Waals surface area contributed by atoms with Crippen molar-refractivity contribution < 1.29 is 23.8 Å². The Hall–Kier alpha value is -4.07. The summed E-state index contributed by atoms with van der Waals surface area (Å²) in [5.74, 6) is 0.695. The number of hydrogen-bond donors (Lipinski definition) is 2. The second-order valence-corrected chi connectivity index (χ2v) is 6.13. The van der Waals surface area contributed by atoms with Crippen molar-refractivity contribution >= 4 is 23.2 Å². The molecule has 0 aliphatic heterocycles. The molecule has 0 bridgehead atoms. The van der Waals surface area contributed by atoms with Crippen molar-refractivity contribution in [3.05, 3.63) is 72.1 Å². The lowest BCUT2D eigenvalue weighted by Crippen LogP contribution is -2.15. The van der Waals surface area contributed by atoms with Crippen LogP contribution in [-0.2, 0) is 0 Å². The first-order valence-corrected chi connectivity index (χ1v) is 8.98. The summed E-state index contributed by atoms with van der Waals surface area (Å²) >= 11 is 0. The zero-order chi connectivity index (χ0) is 21.5. The van der Waals surface area contributed by atoms with Crippen LogP contribution in [0.3, 0.4) is 0 Å². The number of amides is 2. The third kappa shape index (κ3) is 4.67. The van der Waals surface area contributed by atoms with Gasteiger partial charge in [-0.1, -0.05) is 0 Å². The Kier molecular flexibility index (Phi) is 6.49. The van der Waals surface area contributed by atoms with E-state index in [0.29, 0.717) is 39.8 Å². The molecule has 8 nitrogen and oxygen atoms in total. The van der Waals surface area contributed by atoms with Crippen LogP contribution in [-0.4, -0.2) is 38.1 Å². The molecule has 1 aromatic heterocycles. The minimum Gasteiger partial charge on any atom is -0.497 e. The lowest BCUT2D eigenvalue weighted by atomic mass is 10.1. The van der Waals surface area contributed by atoms with E-state index in [2.05, 4.69) is 15.6 Å². The molecular formula is C22H21N3O5. The maximum absolute atomic E-state index is 12.6. The fraction of sp³-hybridized carbons (Fsp3) is 0.136. The molecule has 2 N–H and O–H groups in total. The Bertz CT molecular complexity index is 1040. The van der Waals surface area contributed by atoms with Crippen molar-refractivity contribution in [2.45, 2.75) is 0 Å². The SMILES string of the molecule is COc1ccc(C(=O)Nc2cc(OC)c(NC(=O)c3cccnc3)cc2OC)cc1. The number of pyridine rings is 1. The van der Waals surface area contributed by atoms with Crippen molar-refractivity contribution in [1.29, 1.82) is 0 Å². The quantitative estimate of drug-likeness (QED) is 0.621. The largest absolute Gasteiger partial charge is 0.497 e. The number of anilines is 2. The van der Waals surface area contributed by atoms with Gasteiger partial charge in [0.2, 0.25) is 0 Å². The van der Waals surface area contributed by atoms with E-state index in [9.17, 15) is 9.59 Å². The highest BCUT2D eigenvalue weighted by molar-refractivity contribution is 6.07. The molecule has 0 radical (unpaired) electrons. The van der Waals surface area contributed by atoms with E-state index in [-0.39, 0.29) is 11.8 Å². The summed E-state index contributed by atoms with van der Waals surface area (Å²) in [6, 6.07) is 13.2. The highest BCUT2D eigenvalue weighted by Gasteiger charge is 2.17. The first-order valence-electron chi connectivity index (χ1n) is 8.98. The van der Waals surface area contributed by atoms with Crippen LogP contribution in [0.25, 0.3) is 0 Å². The third-order valence-corrected chi connectivity index (χ3v) is 4.29. The topological polar surface area (TPSA) is 98.8 Å². The number of nitrogens with one attached hydrogen (secondary N) is 2. The van der Waals surface area contributed by atoms with Crippen LogP contribution in [0.5, 0.6) is 17.2 Å². The fourth-order valence-corrected chi connectivity index (χ4v) is 2.72. The number of rotatable bonds is 7. The van der Waals surface area contributed by atoms with Gasteiger partial charge in [0, 0.05) is 30.1 Å². The van der Waals surface area contributed by atoms with Gasteiger partial charge < -0.3 is 24.8 Å². The molecular weight excluding hydrogens is 386 g/mol. The third-order valence-electron chi connectivity index (χ3n) is 4.29. The van der Waals surface area contributed by atoms with Crippen LogP contribution in [0.15, 0.2) is 60.9 Å².